The lowest BCUT2D eigenvalue weighted by Crippen LogP contribution is -2.46. The highest BCUT2D eigenvalue weighted by Crippen LogP contribution is 2.16. The molecule has 0 aliphatic carbocycles. The molecule has 0 aromatic heterocycles. The van der Waals surface area contributed by atoms with Crippen LogP contribution < -0.4 is 5.32 Å². The first-order chi connectivity index (χ1) is 28.5. The number of amides is 1. The number of rotatable bonds is 39. The maximum Gasteiger partial charge on any atom is 0.306 e. The van der Waals surface area contributed by atoms with Gasteiger partial charge in [-0.2, -0.15) is 0 Å². The molecular weight excluding hydrogens is 719 g/mol. The molecule has 0 fully saturated rings. The Morgan fingerprint density at radius 3 is 1.62 bits per heavy atom. The number of aliphatic hydroxyl groups is 2. The van der Waals surface area contributed by atoms with Gasteiger partial charge in [-0.1, -0.05) is 201 Å². The zero-order chi connectivity index (χ0) is 42.4. The molecule has 0 aromatic rings. The fourth-order valence-corrected chi connectivity index (χ4v) is 6.30. The van der Waals surface area contributed by atoms with Crippen LogP contribution in [0.5, 0.6) is 0 Å². The summed E-state index contributed by atoms with van der Waals surface area (Å²) in [5, 5.41) is 23.6. The molecule has 0 aliphatic heterocycles. The molecule has 0 saturated carbocycles. The van der Waals surface area contributed by atoms with E-state index < -0.39 is 18.2 Å². The van der Waals surface area contributed by atoms with Crippen LogP contribution in [0.1, 0.15) is 181 Å². The van der Waals surface area contributed by atoms with Crippen LogP contribution in [0.2, 0.25) is 0 Å². The summed E-state index contributed by atoms with van der Waals surface area (Å²) < 4.78 is 5.87. The lowest BCUT2D eigenvalue weighted by molar-refractivity contribution is -0.151. The fourth-order valence-electron chi connectivity index (χ4n) is 6.30. The Labute approximate surface area is 356 Å². The standard InChI is InChI=1S/C52H85NO5/c1-4-7-10-13-16-19-22-24-25-26-27-28-30-33-36-39-42-45-52(57)58-48(43-40-37-34-31-29-23-20-17-14-11-8-5-2)46-51(56)53-49(47-54)50(55)44-41-38-35-32-21-18-15-12-9-6-3/h7-8,10-11,13,16-17,19-20,22,24-31,48-50,54-55H,4-6,9,12,14-15,18,21,23,32-47H2,1-3H3,(H,53,56)/b10-7-,11-8+,16-13+,20-17+,22-19+,25-24-,27-26+,30-28+,31-29+. The molecule has 0 spiro atoms. The molecule has 0 saturated heterocycles. The molecule has 328 valence electrons. The highest BCUT2D eigenvalue weighted by Gasteiger charge is 2.24. The van der Waals surface area contributed by atoms with Crippen LogP contribution in [0.4, 0.5) is 0 Å². The summed E-state index contributed by atoms with van der Waals surface area (Å²) in [7, 11) is 0. The van der Waals surface area contributed by atoms with E-state index >= 15 is 0 Å². The molecule has 0 rings (SSSR count). The predicted octanol–water partition coefficient (Wildman–Crippen LogP) is 13.6. The van der Waals surface area contributed by atoms with Crippen LogP contribution in [0.25, 0.3) is 0 Å². The molecule has 3 atom stereocenters. The van der Waals surface area contributed by atoms with Crippen LogP contribution >= 0.6 is 0 Å². The second kappa shape index (κ2) is 44.6. The minimum atomic E-state index is -0.811. The third kappa shape index (κ3) is 39.4. The number of unbranched alkanes of at least 4 members (excludes halogenated alkanes) is 14. The molecular formula is C52H85NO5. The van der Waals surface area contributed by atoms with E-state index in [-0.39, 0.29) is 24.9 Å². The number of carbonyl (C=O) groups excluding carboxylic acids is 2. The Morgan fingerprint density at radius 2 is 1.02 bits per heavy atom. The number of nitrogens with one attached hydrogen (secondary N) is 1. The highest BCUT2D eigenvalue weighted by molar-refractivity contribution is 5.77. The zero-order valence-electron chi connectivity index (χ0n) is 37.1. The second-order valence-electron chi connectivity index (χ2n) is 15.2. The van der Waals surface area contributed by atoms with E-state index in [1.807, 2.05) is 60.8 Å². The van der Waals surface area contributed by atoms with Gasteiger partial charge in [0.1, 0.15) is 6.10 Å². The van der Waals surface area contributed by atoms with Crippen molar-refractivity contribution in [3.63, 3.8) is 0 Å². The van der Waals surface area contributed by atoms with E-state index in [1.54, 1.807) is 0 Å². The van der Waals surface area contributed by atoms with Gasteiger partial charge in [0.05, 0.1) is 25.2 Å². The summed E-state index contributed by atoms with van der Waals surface area (Å²) in [6, 6.07) is -0.729. The van der Waals surface area contributed by atoms with Gasteiger partial charge in [0.2, 0.25) is 5.91 Å². The lowest BCUT2D eigenvalue weighted by atomic mass is 10.0. The van der Waals surface area contributed by atoms with Gasteiger partial charge in [0.25, 0.3) is 0 Å². The molecule has 3 N–H and O–H groups in total. The Bertz CT molecular complexity index is 1220. The first-order valence-corrected chi connectivity index (χ1v) is 23.2. The molecule has 58 heavy (non-hydrogen) atoms. The average Bonchev–Trinajstić information content (AvgIpc) is 3.22. The third-order valence-electron chi connectivity index (χ3n) is 9.76. The predicted molar refractivity (Wildman–Crippen MR) is 250 cm³/mol. The maximum absolute atomic E-state index is 13.1. The second-order valence-corrected chi connectivity index (χ2v) is 15.2. The van der Waals surface area contributed by atoms with E-state index in [9.17, 15) is 19.8 Å². The van der Waals surface area contributed by atoms with Crippen molar-refractivity contribution in [2.24, 2.45) is 0 Å². The summed E-state index contributed by atoms with van der Waals surface area (Å²) in [5.74, 6) is -0.579. The zero-order valence-corrected chi connectivity index (χ0v) is 37.1. The maximum atomic E-state index is 13.1. The molecule has 6 heteroatoms. The monoisotopic (exact) mass is 804 g/mol. The summed E-state index contributed by atoms with van der Waals surface area (Å²) in [6.45, 7) is 6.16. The van der Waals surface area contributed by atoms with Gasteiger partial charge in [-0.15, -0.1) is 0 Å². The van der Waals surface area contributed by atoms with E-state index in [2.05, 4.69) is 74.7 Å². The summed E-state index contributed by atoms with van der Waals surface area (Å²) in [5.41, 5.74) is 0. The number of allylic oxidation sites excluding steroid dienone is 18. The first kappa shape index (κ1) is 54.5. The van der Waals surface area contributed by atoms with Crippen molar-refractivity contribution < 1.29 is 24.5 Å². The topological polar surface area (TPSA) is 95.9 Å². The summed E-state index contributed by atoms with van der Waals surface area (Å²) in [6.07, 6.45) is 60.0. The normalized spacial score (nSPS) is 14.4. The molecule has 0 radical (unpaired) electrons. The number of esters is 1. The quantitative estimate of drug-likeness (QED) is 0.0249. The van der Waals surface area contributed by atoms with Crippen molar-refractivity contribution >= 4 is 11.9 Å². The molecule has 1 amide bonds. The van der Waals surface area contributed by atoms with Gasteiger partial charge in [-0.3, -0.25) is 9.59 Å². The van der Waals surface area contributed by atoms with Gasteiger partial charge in [0.15, 0.2) is 0 Å². The molecule has 6 nitrogen and oxygen atoms in total. The number of aliphatic hydroxyl groups excluding tert-OH is 2. The molecule has 3 unspecified atom stereocenters. The van der Waals surface area contributed by atoms with Crippen LogP contribution in [0, 0.1) is 0 Å². The van der Waals surface area contributed by atoms with Crippen molar-refractivity contribution in [2.75, 3.05) is 6.61 Å². The van der Waals surface area contributed by atoms with Crippen molar-refractivity contribution in [3.05, 3.63) is 109 Å². The van der Waals surface area contributed by atoms with Crippen LogP contribution in [0.3, 0.4) is 0 Å². The van der Waals surface area contributed by atoms with Gasteiger partial charge >= 0.3 is 5.97 Å². The number of ether oxygens (including phenoxy) is 1. The van der Waals surface area contributed by atoms with Crippen LogP contribution in [-0.4, -0.2) is 46.9 Å². The third-order valence-corrected chi connectivity index (χ3v) is 9.76. The van der Waals surface area contributed by atoms with Crippen molar-refractivity contribution in [1.29, 1.82) is 0 Å². The van der Waals surface area contributed by atoms with Gasteiger partial charge in [-0.25, -0.2) is 0 Å². The average molecular weight is 804 g/mol. The van der Waals surface area contributed by atoms with Crippen molar-refractivity contribution in [3.8, 4) is 0 Å². The Hall–Kier alpha value is -3.48. The van der Waals surface area contributed by atoms with Crippen molar-refractivity contribution in [2.45, 2.75) is 200 Å². The van der Waals surface area contributed by atoms with E-state index in [0.29, 0.717) is 19.3 Å². The first-order valence-electron chi connectivity index (χ1n) is 23.2. The van der Waals surface area contributed by atoms with Gasteiger partial charge < -0.3 is 20.3 Å². The fraction of sp³-hybridized carbons (Fsp3) is 0.615. The largest absolute Gasteiger partial charge is 0.462 e. The lowest BCUT2D eigenvalue weighted by Gasteiger charge is -2.24. The van der Waals surface area contributed by atoms with Crippen LogP contribution in [-0.2, 0) is 14.3 Å². The Kier molecular flexibility index (Phi) is 41.9. The Balaban J connectivity index is 4.77. The molecule has 0 bridgehead atoms. The van der Waals surface area contributed by atoms with E-state index in [0.717, 1.165) is 89.9 Å². The van der Waals surface area contributed by atoms with Crippen molar-refractivity contribution in [1.82, 2.24) is 5.32 Å². The summed E-state index contributed by atoms with van der Waals surface area (Å²) in [4.78, 5) is 26.0. The number of hydrogen-bond donors (Lipinski definition) is 3. The molecule has 0 heterocycles. The van der Waals surface area contributed by atoms with Crippen LogP contribution in [0.15, 0.2) is 109 Å². The Morgan fingerprint density at radius 1 is 0.534 bits per heavy atom. The number of hydrogen-bond acceptors (Lipinski definition) is 5. The van der Waals surface area contributed by atoms with Gasteiger partial charge in [-0.05, 0) is 77.0 Å². The highest BCUT2D eigenvalue weighted by atomic mass is 16.5. The number of carbonyl (C=O) groups is 2. The van der Waals surface area contributed by atoms with E-state index in [4.69, 9.17) is 4.74 Å². The summed E-state index contributed by atoms with van der Waals surface area (Å²) >= 11 is 0. The minimum Gasteiger partial charge on any atom is -0.462 e. The SMILES string of the molecule is CC\C=C/C=C/C=C/C=C\C=C\C=C\CCCCCC(=O)OC(CCCC/C=C/C/C=C/C/C=C/CC)CC(=O)NC(CO)C(O)CCCCCCCCCCCC. The smallest absolute Gasteiger partial charge is 0.306 e. The van der Waals surface area contributed by atoms with Gasteiger partial charge in [0, 0.05) is 6.42 Å². The molecule has 0 aliphatic rings. The van der Waals surface area contributed by atoms with E-state index in [1.165, 1.54) is 44.9 Å². The minimum absolute atomic E-state index is 0.0256. The molecule has 0 aromatic carbocycles.